The van der Waals surface area contributed by atoms with E-state index in [1.165, 1.54) is 23.1 Å². The number of fused-ring (bicyclic) bond motifs is 2. The highest BCUT2D eigenvalue weighted by Gasteiger charge is 2.43. The van der Waals surface area contributed by atoms with Gasteiger partial charge in [-0.15, -0.1) is 0 Å². The molecule has 8 heteroatoms. The Kier molecular flexibility index (Phi) is 6.36. The lowest BCUT2D eigenvalue weighted by atomic mass is 9.77. The zero-order valence-electron chi connectivity index (χ0n) is 20.8. The van der Waals surface area contributed by atoms with E-state index in [0.717, 1.165) is 5.56 Å². The number of halogens is 2. The fourth-order valence-electron chi connectivity index (χ4n) is 5.22. The second kappa shape index (κ2) is 9.38. The number of rotatable bonds is 4. The summed E-state index contributed by atoms with van der Waals surface area (Å²) in [5.41, 5.74) is 2.48. The quantitative estimate of drug-likeness (QED) is 0.422. The predicted octanol–water partition coefficient (Wildman–Crippen LogP) is 6.51. The van der Waals surface area contributed by atoms with E-state index < -0.39 is 29.7 Å². The number of carbonyl (C=O) groups is 2. The molecule has 0 bridgehead atoms. The van der Waals surface area contributed by atoms with E-state index in [1.807, 2.05) is 32.9 Å². The summed E-state index contributed by atoms with van der Waals surface area (Å²) in [5, 5.41) is 10.3. The highest BCUT2D eigenvalue weighted by molar-refractivity contribution is 6.32. The number of hydrogen-bond donors (Lipinski definition) is 1. The van der Waals surface area contributed by atoms with Crippen molar-refractivity contribution < 1.29 is 28.6 Å². The highest BCUT2D eigenvalue weighted by atomic mass is 35.5. The number of anilines is 1. The molecule has 0 aromatic heterocycles. The number of ether oxygens (including phenoxy) is 2. The fraction of sp³-hybridized carbons (Fsp3) is 0.310. The molecule has 2 aliphatic heterocycles. The van der Waals surface area contributed by atoms with Gasteiger partial charge in [0.05, 0.1) is 12.5 Å². The molecule has 0 saturated carbocycles. The Labute approximate surface area is 219 Å². The van der Waals surface area contributed by atoms with Crippen molar-refractivity contribution in [3.63, 3.8) is 0 Å². The molecule has 2 atom stereocenters. The molecule has 0 radical (unpaired) electrons. The standard InChI is InChI=1S/C29H27ClFNO5/c1-29(2,3)22-8-6-18(14-23(22)30)32-27(16-4-9-24-25(12-16)37-11-10-36-24)20(15-26(33)34)19-7-5-17(31)13-21(19)28(32)35/h4-9,12-14,20,27H,10-11,15H2,1-3H3,(H,33,34). The van der Waals surface area contributed by atoms with Crippen LogP contribution in [0.2, 0.25) is 5.02 Å². The molecule has 2 aliphatic rings. The van der Waals surface area contributed by atoms with Crippen LogP contribution in [0.25, 0.3) is 0 Å². The van der Waals surface area contributed by atoms with Crippen molar-refractivity contribution in [1.29, 1.82) is 0 Å². The van der Waals surface area contributed by atoms with Gasteiger partial charge in [0, 0.05) is 22.2 Å². The molecule has 6 nitrogen and oxygen atoms in total. The monoisotopic (exact) mass is 523 g/mol. The van der Waals surface area contributed by atoms with Crippen LogP contribution < -0.4 is 14.4 Å². The molecule has 3 aromatic rings. The SMILES string of the molecule is CC(C)(C)c1ccc(N2C(=O)c3cc(F)ccc3C(CC(=O)O)C2c2ccc3c(c2)OCCO3)cc1Cl. The summed E-state index contributed by atoms with van der Waals surface area (Å²) < 4.78 is 25.7. The summed E-state index contributed by atoms with van der Waals surface area (Å²) in [7, 11) is 0. The normalized spacial score (nSPS) is 18.9. The van der Waals surface area contributed by atoms with E-state index >= 15 is 0 Å². The van der Waals surface area contributed by atoms with E-state index in [0.29, 0.717) is 46.5 Å². The lowest BCUT2D eigenvalue weighted by molar-refractivity contribution is -0.137. The minimum Gasteiger partial charge on any atom is -0.486 e. The van der Waals surface area contributed by atoms with Crippen LogP contribution in [0.1, 0.15) is 66.2 Å². The van der Waals surface area contributed by atoms with E-state index in [2.05, 4.69) is 0 Å². The fourth-order valence-corrected chi connectivity index (χ4v) is 5.68. The molecule has 0 saturated heterocycles. The van der Waals surface area contributed by atoms with Crippen molar-refractivity contribution in [2.45, 2.75) is 44.6 Å². The van der Waals surface area contributed by atoms with Crippen molar-refractivity contribution in [1.82, 2.24) is 0 Å². The van der Waals surface area contributed by atoms with E-state index in [9.17, 15) is 19.1 Å². The molecule has 0 spiro atoms. The highest BCUT2D eigenvalue weighted by Crippen LogP contribution is 2.49. The lowest BCUT2D eigenvalue weighted by Gasteiger charge is -2.42. The van der Waals surface area contributed by atoms with Crippen molar-refractivity contribution in [2.75, 3.05) is 18.1 Å². The number of carboxylic acids is 1. The second-order valence-electron chi connectivity index (χ2n) is 10.4. The molecule has 2 unspecified atom stereocenters. The van der Waals surface area contributed by atoms with Gasteiger partial charge in [-0.05, 0) is 58.5 Å². The van der Waals surface area contributed by atoms with Crippen LogP contribution in [0.3, 0.4) is 0 Å². The number of nitrogens with zero attached hydrogens (tertiary/aromatic N) is 1. The summed E-state index contributed by atoms with van der Waals surface area (Å²) in [4.78, 5) is 27.6. The third-order valence-corrected chi connectivity index (χ3v) is 7.18. The number of benzene rings is 3. The Hall–Kier alpha value is -3.58. The van der Waals surface area contributed by atoms with Gasteiger partial charge in [-0.3, -0.25) is 9.59 Å². The molecular formula is C29H27ClFNO5. The zero-order chi connectivity index (χ0) is 26.5. The van der Waals surface area contributed by atoms with E-state index in [1.54, 1.807) is 24.3 Å². The first-order valence-corrected chi connectivity index (χ1v) is 12.5. The lowest BCUT2D eigenvalue weighted by Crippen LogP contribution is -2.43. The Morgan fingerprint density at radius 1 is 1.05 bits per heavy atom. The molecule has 2 heterocycles. The summed E-state index contributed by atoms with van der Waals surface area (Å²) in [6.07, 6.45) is -0.269. The average molecular weight is 524 g/mol. The Balaban J connectivity index is 1.73. The second-order valence-corrected chi connectivity index (χ2v) is 10.8. The van der Waals surface area contributed by atoms with Crippen LogP contribution >= 0.6 is 11.6 Å². The molecule has 0 aliphatic carbocycles. The third-order valence-electron chi connectivity index (χ3n) is 6.86. The van der Waals surface area contributed by atoms with Crippen LogP contribution in [0.15, 0.2) is 54.6 Å². The molecule has 3 aromatic carbocycles. The number of carboxylic acid groups (broad SMARTS) is 1. The number of aliphatic carboxylic acids is 1. The molecule has 192 valence electrons. The Bertz CT molecular complexity index is 1400. The van der Waals surface area contributed by atoms with Gasteiger partial charge in [-0.25, -0.2) is 4.39 Å². The van der Waals surface area contributed by atoms with Crippen LogP contribution in [0, 0.1) is 5.82 Å². The van der Waals surface area contributed by atoms with Gasteiger partial charge in [0.2, 0.25) is 0 Å². The van der Waals surface area contributed by atoms with Gasteiger partial charge in [-0.2, -0.15) is 0 Å². The van der Waals surface area contributed by atoms with Gasteiger partial charge in [0.15, 0.2) is 11.5 Å². The summed E-state index contributed by atoms with van der Waals surface area (Å²) in [6, 6.07) is 14.0. The van der Waals surface area contributed by atoms with Gasteiger partial charge < -0.3 is 19.5 Å². The summed E-state index contributed by atoms with van der Waals surface area (Å²) in [5.74, 6) is -1.59. The number of carbonyl (C=O) groups excluding carboxylic acids is 1. The van der Waals surface area contributed by atoms with Crippen LogP contribution in [-0.4, -0.2) is 30.2 Å². The van der Waals surface area contributed by atoms with Crippen molar-refractivity contribution in [3.8, 4) is 11.5 Å². The van der Waals surface area contributed by atoms with Crippen molar-refractivity contribution in [3.05, 3.63) is 87.7 Å². The molecule has 1 N–H and O–H groups in total. The van der Waals surface area contributed by atoms with Crippen LogP contribution in [0.4, 0.5) is 10.1 Å². The first kappa shape index (κ1) is 25.1. The molecule has 37 heavy (non-hydrogen) atoms. The topological polar surface area (TPSA) is 76.1 Å². The van der Waals surface area contributed by atoms with Crippen molar-refractivity contribution >= 4 is 29.2 Å². The van der Waals surface area contributed by atoms with E-state index in [-0.39, 0.29) is 17.4 Å². The minimum absolute atomic E-state index is 0.135. The Morgan fingerprint density at radius 2 is 1.78 bits per heavy atom. The molecule has 1 amide bonds. The summed E-state index contributed by atoms with van der Waals surface area (Å²) in [6.45, 7) is 6.94. The molecular weight excluding hydrogens is 497 g/mol. The van der Waals surface area contributed by atoms with Gasteiger partial charge in [0.1, 0.15) is 19.0 Å². The molecule has 0 fully saturated rings. The van der Waals surface area contributed by atoms with Crippen LogP contribution in [-0.2, 0) is 10.2 Å². The Morgan fingerprint density at radius 3 is 2.46 bits per heavy atom. The van der Waals surface area contributed by atoms with Crippen LogP contribution in [0.5, 0.6) is 11.5 Å². The average Bonchev–Trinajstić information content (AvgIpc) is 2.84. The molecule has 5 rings (SSSR count). The van der Waals surface area contributed by atoms with Gasteiger partial charge in [-0.1, -0.05) is 50.6 Å². The number of amides is 1. The van der Waals surface area contributed by atoms with Gasteiger partial charge >= 0.3 is 5.97 Å². The van der Waals surface area contributed by atoms with Gasteiger partial charge in [0.25, 0.3) is 5.91 Å². The first-order chi connectivity index (χ1) is 17.5. The maximum Gasteiger partial charge on any atom is 0.304 e. The summed E-state index contributed by atoms with van der Waals surface area (Å²) >= 11 is 6.69. The first-order valence-electron chi connectivity index (χ1n) is 12.1. The van der Waals surface area contributed by atoms with Crippen molar-refractivity contribution in [2.24, 2.45) is 0 Å². The zero-order valence-corrected chi connectivity index (χ0v) is 21.5. The predicted molar refractivity (Wildman–Crippen MR) is 139 cm³/mol. The van der Waals surface area contributed by atoms with E-state index in [4.69, 9.17) is 21.1 Å². The largest absolute Gasteiger partial charge is 0.486 e. The maximum atomic E-state index is 14.3. The number of hydrogen-bond acceptors (Lipinski definition) is 4. The minimum atomic E-state index is -1.03. The maximum absolute atomic E-state index is 14.3. The smallest absolute Gasteiger partial charge is 0.304 e. The third kappa shape index (κ3) is 4.64.